The van der Waals surface area contributed by atoms with Crippen molar-refractivity contribution < 1.29 is 14.3 Å². The molecule has 1 saturated heterocycles. The van der Waals surface area contributed by atoms with Gasteiger partial charge in [0, 0.05) is 19.3 Å². The van der Waals surface area contributed by atoms with Crippen LogP contribution in [0.25, 0.3) is 0 Å². The highest BCUT2D eigenvalue weighted by atomic mass is 16.5. The number of carbonyl (C=O) groups excluding carboxylic acids is 1. The van der Waals surface area contributed by atoms with Gasteiger partial charge in [-0.1, -0.05) is 11.6 Å². The van der Waals surface area contributed by atoms with Crippen LogP contribution in [0.4, 0.5) is 0 Å². The molecule has 1 amide bonds. The van der Waals surface area contributed by atoms with E-state index in [1.54, 1.807) is 25.6 Å². The minimum absolute atomic E-state index is 0.00520. The lowest BCUT2D eigenvalue weighted by Gasteiger charge is -2.42. The maximum Gasteiger partial charge on any atom is 0.257 e. The molecule has 0 unspecified atom stereocenters. The topological polar surface area (TPSA) is 51.7 Å². The summed E-state index contributed by atoms with van der Waals surface area (Å²) in [7, 11) is 1.56. The molecule has 2 aliphatic rings. The summed E-state index contributed by atoms with van der Waals surface area (Å²) in [4.78, 5) is 18.6. The van der Waals surface area contributed by atoms with E-state index in [2.05, 4.69) is 18.0 Å². The Balaban J connectivity index is 1.71. The molecule has 5 nitrogen and oxygen atoms in total. The van der Waals surface area contributed by atoms with E-state index in [9.17, 15) is 4.79 Å². The van der Waals surface area contributed by atoms with Crippen LogP contribution in [0.3, 0.4) is 0 Å². The molecule has 1 aromatic rings. The number of carbonyl (C=O) groups is 1. The van der Waals surface area contributed by atoms with E-state index in [-0.39, 0.29) is 11.5 Å². The average molecular weight is 302 g/mol. The van der Waals surface area contributed by atoms with Gasteiger partial charge in [0.1, 0.15) is 5.75 Å². The maximum absolute atomic E-state index is 12.7. The van der Waals surface area contributed by atoms with Crippen LogP contribution in [0.1, 0.15) is 36.5 Å². The quantitative estimate of drug-likeness (QED) is 0.787. The molecule has 0 radical (unpaired) electrons. The molecule has 1 spiro atoms. The van der Waals surface area contributed by atoms with Gasteiger partial charge in [-0.05, 0) is 32.3 Å². The number of pyridine rings is 1. The Morgan fingerprint density at radius 1 is 1.41 bits per heavy atom. The van der Waals surface area contributed by atoms with Gasteiger partial charge in [0.25, 0.3) is 5.91 Å². The lowest BCUT2D eigenvalue weighted by molar-refractivity contribution is -0.0522. The Hall–Kier alpha value is -1.88. The van der Waals surface area contributed by atoms with Crippen molar-refractivity contribution in [3.05, 3.63) is 35.7 Å². The Labute approximate surface area is 130 Å². The van der Waals surface area contributed by atoms with Crippen molar-refractivity contribution >= 4 is 5.91 Å². The summed E-state index contributed by atoms with van der Waals surface area (Å²) in [6, 6.07) is 1.71. The number of hydrogen-bond acceptors (Lipinski definition) is 4. The van der Waals surface area contributed by atoms with Gasteiger partial charge < -0.3 is 14.4 Å². The average Bonchev–Trinajstić information content (AvgIpc) is 2.55. The summed E-state index contributed by atoms with van der Waals surface area (Å²) < 4.78 is 11.2. The molecular weight excluding hydrogens is 280 g/mol. The van der Waals surface area contributed by atoms with Crippen LogP contribution in [-0.2, 0) is 4.74 Å². The van der Waals surface area contributed by atoms with E-state index < -0.39 is 0 Å². The normalized spacial score (nSPS) is 20.6. The van der Waals surface area contributed by atoms with Crippen LogP contribution in [0.2, 0.25) is 0 Å². The van der Waals surface area contributed by atoms with Gasteiger partial charge in [-0.25, -0.2) is 0 Å². The molecule has 0 aromatic carbocycles. The molecule has 1 fully saturated rings. The smallest absolute Gasteiger partial charge is 0.257 e. The molecule has 3 rings (SSSR count). The molecule has 5 heteroatoms. The summed E-state index contributed by atoms with van der Waals surface area (Å²) in [6.07, 6.45) is 8.17. The number of methoxy groups -OCH3 is 1. The fourth-order valence-corrected chi connectivity index (χ4v) is 3.24. The molecule has 0 atom stereocenters. The Morgan fingerprint density at radius 3 is 2.86 bits per heavy atom. The van der Waals surface area contributed by atoms with Gasteiger partial charge in [0.2, 0.25) is 0 Å². The third kappa shape index (κ3) is 2.86. The Bertz CT molecular complexity index is 589. The van der Waals surface area contributed by atoms with Gasteiger partial charge in [0.05, 0.1) is 31.1 Å². The van der Waals surface area contributed by atoms with Crippen molar-refractivity contribution in [3.63, 3.8) is 0 Å². The standard InChI is InChI=1S/C17H22N2O3/c1-13-4-10-22-17(11-13)5-8-19(9-6-17)16(20)14-3-7-18-12-15(14)21-2/h3,7,11-12H,4-6,8-10H2,1-2H3. The fourth-order valence-electron chi connectivity index (χ4n) is 3.24. The van der Waals surface area contributed by atoms with Crippen molar-refractivity contribution in [2.24, 2.45) is 0 Å². The molecule has 0 aliphatic carbocycles. The summed E-state index contributed by atoms with van der Waals surface area (Å²) >= 11 is 0. The highest BCUT2D eigenvalue weighted by molar-refractivity contribution is 5.96. The van der Waals surface area contributed by atoms with Crippen molar-refractivity contribution in [2.45, 2.75) is 31.8 Å². The first kappa shape index (κ1) is 15.0. The largest absolute Gasteiger partial charge is 0.494 e. The number of rotatable bonds is 2. The van der Waals surface area contributed by atoms with Crippen LogP contribution < -0.4 is 4.74 Å². The third-order valence-electron chi connectivity index (χ3n) is 4.53. The van der Waals surface area contributed by atoms with Gasteiger partial charge in [-0.3, -0.25) is 9.78 Å². The van der Waals surface area contributed by atoms with Crippen LogP contribution in [0.15, 0.2) is 30.1 Å². The van der Waals surface area contributed by atoms with Gasteiger partial charge >= 0.3 is 0 Å². The lowest BCUT2D eigenvalue weighted by atomic mass is 9.87. The van der Waals surface area contributed by atoms with Crippen LogP contribution >= 0.6 is 0 Å². The Morgan fingerprint density at radius 2 is 2.18 bits per heavy atom. The number of amides is 1. The maximum atomic E-state index is 12.7. The molecule has 2 aliphatic heterocycles. The zero-order valence-electron chi connectivity index (χ0n) is 13.2. The van der Waals surface area contributed by atoms with E-state index >= 15 is 0 Å². The van der Waals surface area contributed by atoms with Crippen LogP contribution in [-0.4, -0.2) is 48.2 Å². The molecule has 3 heterocycles. The summed E-state index contributed by atoms with van der Waals surface area (Å²) in [5, 5.41) is 0. The lowest BCUT2D eigenvalue weighted by Crippen LogP contribution is -2.48. The summed E-state index contributed by atoms with van der Waals surface area (Å²) in [5.41, 5.74) is 1.80. The van der Waals surface area contributed by atoms with Crippen molar-refractivity contribution in [1.29, 1.82) is 0 Å². The Kier molecular flexibility index (Phi) is 4.16. The van der Waals surface area contributed by atoms with E-state index in [1.165, 1.54) is 5.57 Å². The molecular formula is C17H22N2O3. The van der Waals surface area contributed by atoms with E-state index in [1.807, 2.05) is 4.90 Å². The monoisotopic (exact) mass is 302 g/mol. The van der Waals surface area contributed by atoms with Crippen LogP contribution in [0.5, 0.6) is 5.75 Å². The number of piperidine rings is 1. The zero-order valence-corrected chi connectivity index (χ0v) is 13.2. The molecule has 1 aromatic heterocycles. The van der Waals surface area contributed by atoms with Crippen molar-refractivity contribution in [3.8, 4) is 5.75 Å². The number of likely N-dealkylation sites (tertiary alicyclic amines) is 1. The molecule has 0 saturated carbocycles. The number of nitrogens with zero attached hydrogens (tertiary/aromatic N) is 2. The van der Waals surface area contributed by atoms with Gasteiger partial charge in [0.15, 0.2) is 0 Å². The van der Waals surface area contributed by atoms with Crippen molar-refractivity contribution in [1.82, 2.24) is 9.88 Å². The number of aromatic nitrogens is 1. The minimum Gasteiger partial charge on any atom is -0.494 e. The fraction of sp³-hybridized carbons (Fsp3) is 0.529. The van der Waals surface area contributed by atoms with Gasteiger partial charge in [-0.15, -0.1) is 0 Å². The molecule has 0 bridgehead atoms. The SMILES string of the molecule is COc1cnccc1C(=O)N1CCC2(C=C(C)CCO2)CC1. The third-order valence-corrected chi connectivity index (χ3v) is 4.53. The predicted molar refractivity (Wildman–Crippen MR) is 83.0 cm³/mol. The molecule has 22 heavy (non-hydrogen) atoms. The second kappa shape index (κ2) is 6.08. The van der Waals surface area contributed by atoms with Gasteiger partial charge in [-0.2, -0.15) is 0 Å². The number of ether oxygens (including phenoxy) is 2. The first-order valence-corrected chi connectivity index (χ1v) is 7.73. The van der Waals surface area contributed by atoms with E-state index in [0.29, 0.717) is 24.4 Å². The highest BCUT2D eigenvalue weighted by Crippen LogP contribution is 2.33. The highest BCUT2D eigenvalue weighted by Gasteiger charge is 2.37. The number of hydrogen-bond donors (Lipinski definition) is 0. The summed E-state index contributed by atoms with van der Waals surface area (Å²) in [6.45, 7) is 4.35. The van der Waals surface area contributed by atoms with Crippen molar-refractivity contribution in [2.75, 3.05) is 26.8 Å². The predicted octanol–water partition coefficient (Wildman–Crippen LogP) is 2.43. The second-order valence-corrected chi connectivity index (χ2v) is 6.02. The van der Waals surface area contributed by atoms with E-state index in [0.717, 1.165) is 25.9 Å². The second-order valence-electron chi connectivity index (χ2n) is 6.02. The zero-order chi connectivity index (χ0) is 15.6. The first-order chi connectivity index (χ1) is 10.6. The van der Waals surface area contributed by atoms with Crippen LogP contribution in [0, 0.1) is 0 Å². The summed E-state index contributed by atoms with van der Waals surface area (Å²) in [5.74, 6) is 0.531. The van der Waals surface area contributed by atoms with E-state index in [4.69, 9.17) is 9.47 Å². The minimum atomic E-state index is -0.165. The first-order valence-electron chi connectivity index (χ1n) is 7.73. The molecule has 0 N–H and O–H groups in total. The molecule has 118 valence electrons.